The lowest BCUT2D eigenvalue weighted by atomic mass is 10.1. The van der Waals surface area contributed by atoms with Crippen LogP contribution in [0.15, 0.2) is 48.5 Å². The summed E-state index contributed by atoms with van der Waals surface area (Å²) in [6.45, 7) is 9.08. The standard InChI is InChI=1S/C26H36N2O4/c1-19(2)31-23-13-9-11-21(17-23)25(29)27-15-7-5-6-8-16-28-26(30)22-12-10-14-24(18-22)32-20(3)4/h9-14,17-20H,5-8,15-16H2,1-4H3,(H,27,29)(H,28,30). The van der Waals surface area contributed by atoms with Crippen molar-refractivity contribution in [2.24, 2.45) is 0 Å². The van der Waals surface area contributed by atoms with Crippen LogP contribution in [-0.2, 0) is 0 Å². The number of rotatable bonds is 13. The summed E-state index contributed by atoms with van der Waals surface area (Å²) >= 11 is 0. The van der Waals surface area contributed by atoms with Crippen molar-refractivity contribution in [1.82, 2.24) is 10.6 Å². The number of carbonyl (C=O) groups excluding carboxylic acids is 2. The van der Waals surface area contributed by atoms with Gasteiger partial charge in [-0.25, -0.2) is 0 Å². The molecule has 2 N–H and O–H groups in total. The van der Waals surface area contributed by atoms with Crippen LogP contribution < -0.4 is 20.1 Å². The highest BCUT2D eigenvalue weighted by atomic mass is 16.5. The van der Waals surface area contributed by atoms with E-state index in [4.69, 9.17) is 9.47 Å². The van der Waals surface area contributed by atoms with E-state index < -0.39 is 0 Å². The van der Waals surface area contributed by atoms with Crippen molar-refractivity contribution >= 4 is 11.8 Å². The van der Waals surface area contributed by atoms with Crippen molar-refractivity contribution in [2.45, 2.75) is 65.6 Å². The second-order valence-electron chi connectivity index (χ2n) is 8.31. The minimum Gasteiger partial charge on any atom is -0.491 e. The number of ether oxygens (including phenoxy) is 2. The van der Waals surface area contributed by atoms with Gasteiger partial charge in [0, 0.05) is 24.2 Å². The Morgan fingerprint density at radius 3 is 1.47 bits per heavy atom. The zero-order chi connectivity index (χ0) is 23.3. The zero-order valence-electron chi connectivity index (χ0n) is 19.6. The molecule has 0 aliphatic rings. The van der Waals surface area contributed by atoms with Gasteiger partial charge >= 0.3 is 0 Å². The van der Waals surface area contributed by atoms with Gasteiger partial charge in [-0.1, -0.05) is 25.0 Å². The lowest BCUT2D eigenvalue weighted by Gasteiger charge is -2.11. The van der Waals surface area contributed by atoms with Gasteiger partial charge < -0.3 is 20.1 Å². The molecule has 2 amide bonds. The molecule has 0 saturated heterocycles. The molecule has 0 radical (unpaired) electrons. The van der Waals surface area contributed by atoms with E-state index in [2.05, 4.69) is 10.6 Å². The molecule has 0 saturated carbocycles. The van der Waals surface area contributed by atoms with E-state index in [1.54, 1.807) is 24.3 Å². The summed E-state index contributed by atoms with van der Waals surface area (Å²) in [5.41, 5.74) is 1.21. The Balaban J connectivity index is 1.59. The van der Waals surface area contributed by atoms with Gasteiger partial charge in [0.2, 0.25) is 0 Å². The van der Waals surface area contributed by atoms with Crippen molar-refractivity contribution in [2.75, 3.05) is 13.1 Å². The normalized spacial score (nSPS) is 10.8. The smallest absolute Gasteiger partial charge is 0.251 e. The van der Waals surface area contributed by atoms with E-state index in [1.807, 2.05) is 52.0 Å². The van der Waals surface area contributed by atoms with E-state index in [9.17, 15) is 9.59 Å². The van der Waals surface area contributed by atoms with Gasteiger partial charge in [-0.2, -0.15) is 0 Å². The Bertz CT molecular complexity index is 793. The molecule has 0 aliphatic heterocycles. The summed E-state index contributed by atoms with van der Waals surface area (Å²) in [5, 5.41) is 5.91. The first-order valence-electron chi connectivity index (χ1n) is 11.4. The minimum atomic E-state index is -0.0878. The zero-order valence-corrected chi connectivity index (χ0v) is 19.6. The largest absolute Gasteiger partial charge is 0.491 e. The van der Waals surface area contributed by atoms with Gasteiger partial charge in [0.15, 0.2) is 0 Å². The Hall–Kier alpha value is -3.02. The molecule has 174 valence electrons. The van der Waals surface area contributed by atoms with E-state index in [1.165, 1.54) is 0 Å². The Labute approximate surface area is 191 Å². The number of amides is 2. The topological polar surface area (TPSA) is 76.7 Å². The number of hydrogen-bond acceptors (Lipinski definition) is 4. The maximum Gasteiger partial charge on any atom is 0.251 e. The maximum absolute atomic E-state index is 12.3. The van der Waals surface area contributed by atoms with Crippen molar-refractivity contribution in [1.29, 1.82) is 0 Å². The number of unbranched alkanes of at least 4 members (excludes halogenated alkanes) is 3. The third kappa shape index (κ3) is 9.41. The fourth-order valence-electron chi connectivity index (χ4n) is 3.18. The third-order valence-electron chi connectivity index (χ3n) is 4.61. The number of hydrogen-bond donors (Lipinski definition) is 2. The monoisotopic (exact) mass is 440 g/mol. The molecule has 0 aromatic heterocycles. The van der Waals surface area contributed by atoms with Crippen LogP contribution in [-0.4, -0.2) is 37.1 Å². The molecule has 0 aliphatic carbocycles. The second kappa shape index (κ2) is 13.4. The first kappa shape index (κ1) is 25.2. The van der Waals surface area contributed by atoms with Crippen LogP contribution in [0.5, 0.6) is 11.5 Å². The van der Waals surface area contributed by atoms with E-state index in [-0.39, 0.29) is 24.0 Å². The van der Waals surface area contributed by atoms with Crippen LogP contribution in [0.2, 0.25) is 0 Å². The molecule has 0 atom stereocenters. The molecule has 2 aromatic rings. The summed E-state index contributed by atoms with van der Waals surface area (Å²) in [5.74, 6) is 1.23. The van der Waals surface area contributed by atoms with Gasteiger partial charge in [0.25, 0.3) is 11.8 Å². The average molecular weight is 441 g/mol. The van der Waals surface area contributed by atoms with Crippen LogP contribution in [0.3, 0.4) is 0 Å². The predicted molar refractivity (Wildman–Crippen MR) is 128 cm³/mol. The van der Waals surface area contributed by atoms with Gasteiger partial charge in [-0.15, -0.1) is 0 Å². The van der Waals surface area contributed by atoms with E-state index in [0.29, 0.717) is 35.7 Å². The van der Waals surface area contributed by atoms with Crippen molar-refractivity contribution in [3.8, 4) is 11.5 Å². The Morgan fingerprint density at radius 2 is 1.09 bits per heavy atom. The van der Waals surface area contributed by atoms with Crippen molar-refractivity contribution < 1.29 is 19.1 Å². The van der Waals surface area contributed by atoms with Gasteiger partial charge in [-0.05, 0) is 76.9 Å². The predicted octanol–water partition coefficient (Wildman–Crippen LogP) is 4.98. The fourth-order valence-corrected chi connectivity index (χ4v) is 3.18. The number of carbonyl (C=O) groups is 2. The SMILES string of the molecule is CC(C)Oc1cccc(C(=O)NCCCCCCNC(=O)c2cccc(OC(C)C)c2)c1. The molecular weight excluding hydrogens is 404 g/mol. The van der Waals surface area contributed by atoms with Crippen LogP contribution in [0.25, 0.3) is 0 Å². The van der Waals surface area contributed by atoms with Crippen molar-refractivity contribution in [3.63, 3.8) is 0 Å². The van der Waals surface area contributed by atoms with Crippen LogP contribution in [0.4, 0.5) is 0 Å². The second-order valence-corrected chi connectivity index (χ2v) is 8.31. The first-order chi connectivity index (χ1) is 15.3. The summed E-state index contributed by atoms with van der Waals surface area (Å²) in [6.07, 6.45) is 3.92. The molecule has 6 heteroatoms. The molecule has 0 heterocycles. The molecule has 0 fully saturated rings. The molecular formula is C26H36N2O4. The van der Waals surface area contributed by atoms with Gasteiger partial charge in [-0.3, -0.25) is 9.59 Å². The molecule has 2 rings (SSSR count). The Morgan fingerprint density at radius 1 is 0.688 bits per heavy atom. The van der Waals surface area contributed by atoms with Crippen molar-refractivity contribution in [3.05, 3.63) is 59.7 Å². The quantitative estimate of drug-likeness (QED) is 0.431. The van der Waals surface area contributed by atoms with E-state index >= 15 is 0 Å². The summed E-state index contributed by atoms with van der Waals surface area (Å²) in [7, 11) is 0. The molecule has 0 spiro atoms. The molecule has 0 unspecified atom stereocenters. The number of benzene rings is 2. The molecule has 0 bridgehead atoms. The molecule has 6 nitrogen and oxygen atoms in total. The molecule has 2 aromatic carbocycles. The highest BCUT2D eigenvalue weighted by molar-refractivity contribution is 5.95. The third-order valence-corrected chi connectivity index (χ3v) is 4.61. The first-order valence-corrected chi connectivity index (χ1v) is 11.4. The Kier molecular flexibility index (Phi) is 10.6. The lowest BCUT2D eigenvalue weighted by molar-refractivity contribution is 0.0942. The average Bonchev–Trinajstić information content (AvgIpc) is 2.74. The minimum absolute atomic E-state index is 0.0714. The fraction of sp³-hybridized carbons (Fsp3) is 0.462. The summed E-state index contributed by atoms with van der Waals surface area (Å²) < 4.78 is 11.3. The molecule has 32 heavy (non-hydrogen) atoms. The maximum atomic E-state index is 12.3. The number of nitrogens with one attached hydrogen (secondary N) is 2. The van der Waals surface area contributed by atoms with Crippen LogP contribution in [0, 0.1) is 0 Å². The summed E-state index contributed by atoms with van der Waals surface area (Å²) in [4.78, 5) is 24.6. The lowest BCUT2D eigenvalue weighted by Crippen LogP contribution is -2.25. The highest BCUT2D eigenvalue weighted by Crippen LogP contribution is 2.16. The highest BCUT2D eigenvalue weighted by Gasteiger charge is 2.08. The van der Waals surface area contributed by atoms with Crippen LogP contribution >= 0.6 is 0 Å². The van der Waals surface area contributed by atoms with Crippen LogP contribution in [0.1, 0.15) is 74.1 Å². The van der Waals surface area contributed by atoms with Gasteiger partial charge in [0.05, 0.1) is 12.2 Å². The summed E-state index contributed by atoms with van der Waals surface area (Å²) in [6, 6.07) is 14.5. The van der Waals surface area contributed by atoms with Gasteiger partial charge in [0.1, 0.15) is 11.5 Å². The van der Waals surface area contributed by atoms with E-state index in [0.717, 1.165) is 25.7 Å².